The van der Waals surface area contributed by atoms with E-state index in [1.165, 1.54) is 31.7 Å². The van der Waals surface area contributed by atoms with Crippen molar-refractivity contribution in [2.45, 2.75) is 39.0 Å². The van der Waals surface area contributed by atoms with Crippen LogP contribution in [0.3, 0.4) is 0 Å². The van der Waals surface area contributed by atoms with E-state index in [0.717, 1.165) is 85.6 Å². The maximum Gasteiger partial charge on any atom is 0.176 e. The van der Waals surface area contributed by atoms with Crippen molar-refractivity contribution >= 4 is 33.6 Å². The van der Waals surface area contributed by atoms with Gasteiger partial charge in [0.15, 0.2) is 5.13 Å². The van der Waals surface area contributed by atoms with E-state index in [9.17, 15) is 4.39 Å². The number of allylic oxidation sites excluding steroid dienone is 3. The summed E-state index contributed by atoms with van der Waals surface area (Å²) >= 11 is 1.09. The molecule has 0 saturated heterocycles. The molecule has 5 nitrogen and oxygen atoms in total. The number of pyridine rings is 1. The third kappa shape index (κ3) is 5.95. The molecule has 0 bridgehead atoms. The zero-order chi connectivity index (χ0) is 26.5. The molecule has 0 amide bonds. The molecule has 0 atom stereocenters. The van der Waals surface area contributed by atoms with Gasteiger partial charge in [0.05, 0.1) is 11.7 Å². The van der Waals surface area contributed by atoms with Crippen LogP contribution in [0.15, 0.2) is 73.1 Å². The van der Waals surface area contributed by atoms with Crippen LogP contribution in [0.4, 0.5) is 10.1 Å². The van der Waals surface area contributed by atoms with Crippen LogP contribution < -0.4 is 11.1 Å². The Kier molecular flexibility index (Phi) is 8.15. The number of fused-ring (bicyclic) bond motifs is 1. The fraction of sp³-hybridized carbons (Fsp3) is 0.290. The number of anilines is 1. The van der Waals surface area contributed by atoms with Gasteiger partial charge in [-0.1, -0.05) is 43.7 Å². The number of thiophene rings is 1. The van der Waals surface area contributed by atoms with E-state index in [2.05, 4.69) is 53.1 Å². The van der Waals surface area contributed by atoms with Crippen molar-refractivity contribution in [3.63, 3.8) is 0 Å². The molecule has 1 saturated carbocycles. The minimum absolute atomic E-state index is 0.226. The van der Waals surface area contributed by atoms with E-state index >= 15 is 0 Å². The Balaban J connectivity index is 1.35. The molecular weight excluding hydrogens is 493 g/mol. The molecule has 0 aliphatic heterocycles. The first-order valence-corrected chi connectivity index (χ1v) is 14.0. The topological polar surface area (TPSA) is 79.6 Å². The molecule has 1 aliphatic carbocycles. The largest absolute Gasteiger partial charge is 0.398 e. The molecule has 3 aromatic heterocycles. The van der Waals surface area contributed by atoms with Crippen LogP contribution >= 0.6 is 11.3 Å². The molecule has 38 heavy (non-hydrogen) atoms. The Labute approximate surface area is 227 Å². The van der Waals surface area contributed by atoms with Gasteiger partial charge in [0, 0.05) is 35.3 Å². The third-order valence-corrected chi connectivity index (χ3v) is 8.17. The SMILES string of the molecule is C=C/C(=C\C(=C/C)c1ccc(N)c(Cc2nc3c(-c4ccc(F)s4)cncc3[nH]2)c1)CNCC1CCCC1. The maximum absolute atomic E-state index is 13.6. The van der Waals surface area contributed by atoms with Crippen LogP contribution in [0.25, 0.3) is 27.0 Å². The Morgan fingerprint density at radius 3 is 2.82 bits per heavy atom. The van der Waals surface area contributed by atoms with Gasteiger partial charge in [-0.3, -0.25) is 4.98 Å². The van der Waals surface area contributed by atoms with Gasteiger partial charge in [-0.15, -0.1) is 11.3 Å². The van der Waals surface area contributed by atoms with Crippen molar-refractivity contribution in [1.29, 1.82) is 0 Å². The smallest absolute Gasteiger partial charge is 0.176 e. The lowest BCUT2D eigenvalue weighted by atomic mass is 9.98. The second-order valence-electron chi connectivity index (χ2n) is 9.91. The number of rotatable bonds is 10. The second-order valence-corrected chi connectivity index (χ2v) is 10.9. The summed E-state index contributed by atoms with van der Waals surface area (Å²) in [4.78, 5) is 13.3. The van der Waals surface area contributed by atoms with Gasteiger partial charge in [-0.05, 0) is 78.8 Å². The highest BCUT2D eigenvalue weighted by Crippen LogP contribution is 2.32. The second kappa shape index (κ2) is 11.9. The van der Waals surface area contributed by atoms with Crippen LogP contribution in [-0.4, -0.2) is 28.0 Å². The summed E-state index contributed by atoms with van der Waals surface area (Å²) in [5.74, 6) is 1.59. The Bertz CT molecular complexity index is 1490. The summed E-state index contributed by atoms with van der Waals surface area (Å²) in [5, 5.41) is 3.39. The number of halogens is 1. The Hall–Kier alpha value is -3.55. The van der Waals surface area contributed by atoms with Crippen LogP contribution in [0, 0.1) is 11.0 Å². The van der Waals surface area contributed by atoms with Gasteiger partial charge in [0.1, 0.15) is 11.3 Å². The lowest BCUT2D eigenvalue weighted by Crippen LogP contribution is -2.23. The number of hydrogen-bond donors (Lipinski definition) is 3. The lowest BCUT2D eigenvalue weighted by molar-refractivity contribution is 0.503. The summed E-state index contributed by atoms with van der Waals surface area (Å²) in [6.07, 6.45) is 15.7. The number of aromatic amines is 1. The number of nitrogens with zero attached hydrogens (tertiary/aromatic N) is 2. The predicted molar refractivity (Wildman–Crippen MR) is 158 cm³/mol. The number of benzene rings is 1. The molecule has 4 N–H and O–H groups in total. The van der Waals surface area contributed by atoms with Crippen molar-refractivity contribution in [3.8, 4) is 10.4 Å². The van der Waals surface area contributed by atoms with Crippen LogP contribution in [0.5, 0.6) is 0 Å². The normalized spacial score (nSPS) is 15.0. The number of nitrogens with one attached hydrogen (secondary N) is 2. The van der Waals surface area contributed by atoms with Gasteiger partial charge in [0.25, 0.3) is 0 Å². The number of imidazole rings is 1. The zero-order valence-corrected chi connectivity index (χ0v) is 22.6. The number of H-pyrrole nitrogens is 1. The summed E-state index contributed by atoms with van der Waals surface area (Å²) in [6, 6.07) is 9.38. The van der Waals surface area contributed by atoms with Gasteiger partial charge >= 0.3 is 0 Å². The molecule has 0 spiro atoms. The molecule has 5 rings (SSSR count). The van der Waals surface area contributed by atoms with E-state index in [1.54, 1.807) is 18.5 Å². The average molecular weight is 528 g/mol. The molecule has 196 valence electrons. The summed E-state index contributed by atoms with van der Waals surface area (Å²) in [6.45, 7) is 7.97. The molecule has 0 radical (unpaired) electrons. The molecule has 1 fully saturated rings. The van der Waals surface area contributed by atoms with Crippen molar-refractivity contribution in [1.82, 2.24) is 20.3 Å². The number of nitrogens with two attached hydrogens (primary N) is 1. The summed E-state index contributed by atoms with van der Waals surface area (Å²) in [7, 11) is 0. The van der Waals surface area contributed by atoms with E-state index < -0.39 is 0 Å². The van der Waals surface area contributed by atoms with E-state index in [-0.39, 0.29) is 5.13 Å². The van der Waals surface area contributed by atoms with Crippen molar-refractivity contribution in [3.05, 3.63) is 95.2 Å². The van der Waals surface area contributed by atoms with Gasteiger partial charge in [-0.25, -0.2) is 4.98 Å². The van der Waals surface area contributed by atoms with E-state index in [4.69, 9.17) is 10.7 Å². The van der Waals surface area contributed by atoms with Crippen LogP contribution in [0.2, 0.25) is 0 Å². The minimum Gasteiger partial charge on any atom is -0.398 e. The first kappa shape index (κ1) is 26.1. The average Bonchev–Trinajstić information content (AvgIpc) is 3.68. The molecule has 1 aliphatic rings. The highest BCUT2D eigenvalue weighted by molar-refractivity contribution is 7.14. The minimum atomic E-state index is -0.226. The summed E-state index contributed by atoms with van der Waals surface area (Å²) in [5.41, 5.74) is 13.9. The highest BCUT2D eigenvalue weighted by atomic mass is 32.1. The monoisotopic (exact) mass is 527 g/mol. The van der Waals surface area contributed by atoms with Crippen LogP contribution in [0.1, 0.15) is 49.6 Å². The highest BCUT2D eigenvalue weighted by Gasteiger charge is 2.15. The maximum atomic E-state index is 13.6. The Morgan fingerprint density at radius 1 is 1.24 bits per heavy atom. The van der Waals surface area contributed by atoms with Gasteiger partial charge in [0.2, 0.25) is 0 Å². The zero-order valence-electron chi connectivity index (χ0n) is 21.8. The third-order valence-electron chi connectivity index (χ3n) is 7.27. The van der Waals surface area contributed by atoms with Crippen molar-refractivity contribution in [2.24, 2.45) is 5.92 Å². The first-order chi connectivity index (χ1) is 18.5. The quantitative estimate of drug-likeness (QED) is 0.149. The summed E-state index contributed by atoms with van der Waals surface area (Å²) < 4.78 is 13.6. The Morgan fingerprint density at radius 2 is 2.08 bits per heavy atom. The fourth-order valence-corrected chi connectivity index (χ4v) is 5.92. The number of aromatic nitrogens is 3. The van der Waals surface area contributed by atoms with E-state index in [0.29, 0.717) is 6.42 Å². The molecule has 1 aromatic carbocycles. The first-order valence-electron chi connectivity index (χ1n) is 13.2. The van der Waals surface area contributed by atoms with Gasteiger partial charge < -0.3 is 16.0 Å². The van der Waals surface area contributed by atoms with Crippen LogP contribution in [-0.2, 0) is 6.42 Å². The van der Waals surface area contributed by atoms with Gasteiger partial charge in [-0.2, -0.15) is 4.39 Å². The number of hydrogen-bond acceptors (Lipinski definition) is 5. The predicted octanol–water partition coefficient (Wildman–Crippen LogP) is 7.29. The van der Waals surface area contributed by atoms with E-state index in [1.807, 2.05) is 12.1 Å². The fourth-order valence-electron chi connectivity index (χ4n) is 5.18. The van der Waals surface area contributed by atoms with Crippen molar-refractivity contribution in [2.75, 3.05) is 18.8 Å². The molecular formula is C31H34FN5S. The van der Waals surface area contributed by atoms with Crippen molar-refractivity contribution < 1.29 is 4.39 Å². The standard InChI is InChI=1S/C31H34FN5S/c1-3-20(16-34-17-21-7-5-6-8-21)13-22(4-2)23-9-10-26(33)24(14-23)15-30-36-27-19-35-18-25(31(27)37-30)28-11-12-29(32)38-28/h3-4,9-14,18-19,21,34H,1,5-8,15-17,33H2,2H3,(H,36,37)/b20-13+,22-4+. The molecule has 0 unspecified atom stereocenters. The molecule has 7 heteroatoms. The molecule has 4 aromatic rings. The lowest BCUT2D eigenvalue weighted by Gasteiger charge is -2.13. The molecule has 3 heterocycles. The number of nitrogen functional groups attached to an aromatic ring is 1.